The maximum Gasteiger partial charge on any atom is 0.339 e. The molecule has 4 nitrogen and oxygen atoms in total. The number of ether oxygens (including phenoxy) is 1. The Morgan fingerprint density at radius 1 is 1.08 bits per heavy atom. The zero-order valence-electron chi connectivity index (χ0n) is 12.8. The van der Waals surface area contributed by atoms with E-state index in [2.05, 4.69) is 15.9 Å². The highest BCUT2D eigenvalue weighted by Gasteiger charge is 2.29. The normalized spacial score (nSPS) is 14.8. The number of hydrogen-bond donors (Lipinski definition) is 0. The molecule has 1 heterocycles. The van der Waals surface area contributed by atoms with Crippen molar-refractivity contribution in [1.29, 1.82) is 0 Å². The highest BCUT2D eigenvalue weighted by Crippen LogP contribution is 2.35. The summed E-state index contributed by atoms with van der Waals surface area (Å²) >= 11 is 3.30. The minimum Gasteiger partial charge on any atom is -0.457 e. The molecule has 1 aliphatic heterocycles. The first-order valence-corrected chi connectivity index (χ1v) is 9.72. The molecule has 8 heteroatoms. The van der Waals surface area contributed by atoms with Crippen LogP contribution in [0.15, 0.2) is 45.8 Å². The molecule has 0 saturated heterocycles. The number of carbonyl (C=O) groups excluding carboxylic acids is 1. The first-order valence-electron chi connectivity index (χ1n) is 7.04. The summed E-state index contributed by atoms with van der Waals surface area (Å²) in [5.41, 5.74) is 1.07. The van der Waals surface area contributed by atoms with Crippen LogP contribution >= 0.6 is 15.9 Å². The maximum absolute atomic E-state index is 14.2. The smallest absolute Gasteiger partial charge is 0.339 e. The van der Waals surface area contributed by atoms with Crippen LogP contribution in [0.1, 0.15) is 11.1 Å². The van der Waals surface area contributed by atoms with Gasteiger partial charge in [-0.2, -0.15) is 0 Å². The van der Waals surface area contributed by atoms with Crippen molar-refractivity contribution in [2.45, 2.75) is 4.90 Å². The van der Waals surface area contributed by atoms with E-state index in [9.17, 15) is 22.0 Å². The number of halogens is 3. The van der Waals surface area contributed by atoms with Crippen LogP contribution in [-0.2, 0) is 19.4 Å². The van der Waals surface area contributed by atoms with Gasteiger partial charge in [0, 0.05) is 16.3 Å². The van der Waals surface area contributed by atoms with E-state index in [1.165, 1.54) is 0 Å². The number of esters is 1. The van der Waals surface area contributed by atoms with Crippen LogP contribution in [0.3, 0.4) is 0 Å². The lowest BCUT2D eigenvalue weighted by atomic mass is 9.96. The minimum atomic E-state index is -4.06. The largest absolute Gasteiger partial charge is 0.457 e. The first-order chi connectivity index (χ1) is 11.7. The summed E-state index contributed by atoms with van der Waals surface area (Å²) in [6, 6.07) is 8.63. The Balaban J connectivity index is 2.22. The van der Waals surface area contributed by atoms with Gasteiger partial charge in [-0.05, 0) is 35.4 Å². The molecule has 2 aromatic carbocycles. The van der Waals surface area contributed by atoms with Gasteiger partial charge in [0.1, 0.15) is 23.1 Å². The Kier molecular flexibility index (Phi) is 4.51. The molecule has 1 aliphatic rings. The SMILES string of the molecule is CS(=O)(=O)c1c(F)cc(C2=C(c3cccc(Br)c3)C(=O)OC2)cc1F. The summed E-state index contributed by atoms with van der Waals surface area (Å²) in [7, 11) is -4.06. The number of cyclic esters (lactones) is 1. The molecular weight excluding hydrogens is 418 g/mol. The van der Waals surface area contributed by atoms with Crippen molar-refractivity contribution >= 4 is 42.9 Å². The molecule has 0 atom stereocenters. The van der Waals surface area contributed by atoms with Crippen molar-refractivity contribution in [2.24, 2.45) is 0 Å². The Hall–Kier alpha value is -2.06. The molecule has 0 spiro atoms. The van der Waals surface area contributed by atoms with E-state index in [1.807, 2.05) is 0 Å². The van der Waals surface area contributed by atoms with Crippen LogP contribution in [0.4, 0.5) is 8.78 Å². The summed E-state index contributed by atoms with van der Waals surface area (Å²) in [6.07, 6.45) is 0.725. The Morgan fingerprint density at radius 2 is 1.72 bits per heavy atom. The fourth-order valence-corrected chi connectivity index (χ4v) is 3.88. The molecule has 25 heavy (non-hydrogen) atoms. The van der Waals surface area contributed by atoms with E-state index in [0.717, 1.165) is 22.9 Å². The van der Waals surface area contributed by atoms with E-state index in [4.69, 9.17) is 4.74 Å². The van der Waals surface area contributed by atoms with Crippen molar-refractivity contribution in [3.8, 4) is 0 Å². The predicted molar refractivity (Wildman–Crippen MR) is 91.4 cm³/mol. The average Bonchev–Trinajstić information content (AvgIpc) is 2.86. The van der Waals surface area contributed by atoms with Gasteiger partial charge in [0.05, 0.1) is 5.57 Å². The van der Waals surface area contributed by atoms with Crippen LogP contribution in [0.5, 0.6) is 0 Å². The van der Waals surface area contributed by atoms with Gasteiger partial charge < -0.3 is 4.74 Å². The fraction of sp³-hybridized carbons (Fsp3) is 0.118. The van der Waals surface area contributed by atoms with Crippen molar-refractivity contribution in [1.82, 2.24) is 0 Å². The third kappa shape index (κ3) is 3.36. The summed E-state index contributed by atoms with van der Waals surface area (Å²) in [6.45, 7) is -0.155. The third-order valence-electron chi connectivity index (χ3n) is 3.68. The van der Waals surface area contributed by atoms with Gasteiger partial charge in [-0.3, -0.25) is 0 Å². The van der Waals surface area contributed by atoms with Crippen LogP contribution in [0, 0.1) is 11.6 Å². The van der Waals surface area contributed by atoms with Crippen molar-refractivity contribution < 1.29 is 26.7 Å². The third-order valence-corrected chi connectivity index (χ3v) is 5.31. The Labute approximate surface area is 151 Å². The number of sulfone groups is 1. The number of carbonyl (C=O) groups is 1. The molecule has 0 unspecified atom stereocenters. The second kappa shape index (κ2) is 6.34. The lowest BCUT2D eigenvalue weighted by Crippen LogP contribution is -2.06. The van der Waals surface area contributed by atoms with Gasteiger partial charge in [0.15, 0.2) is 9.84 Å². The average molecular weight is 429 g/mol. The molecule has 0 aliphatic carbocycles. The molecule has 130 valence electrons. The van der Waals surface area contributed by atoms with Gasteiger partial charge in [0.25, 0.3) is 0 Å². The number of benzene rings is 2. The van der Waals surface area contributed by atoms with Crippen molar-refractivity contribution in [3.63, 3.8) is 0 Å². The zero-order chi connectivity index (χ0) is 18.4. The molecule has 0 radical (unpaired) electrons. The monoisotopic (exact) mass is 428 g/mol. The first kappa shape index (κ1) is 17.8. The van der Waals surface area contributed by atoms with Crippen LogP contribution in [-0.4, -0.2) is 27.2 Å². The van der Waals surface area contributed by atoms with Crippen molar-refractivity contribution in [2.75, 3.05) is 12.9 Å². The van der Waals surface area contributed by atoms with E-state index < -0.39 is 32.3 Å². The summed E-state index contributed by atoms with van der Waals surface area (Å²) < 4.78 is 57.1. The molecule has 0 N–H and O–H groups in total. The van der Waals surface area contributed by atoms with E-state index in [-0.39, 0.29) is 17.7 Å². The van der Waals surface area contributed by atoms with Crippen LogP contribution in [0.2, 0.25) is 0 Å². The molecule has 2 aromatic rings. The molecule has 3 rings (SSSR count). The minimum absolute atomic E-state index is 0.0585. The summed E-state index contributed by atoms with van der Waals surface area (Å²) in [5.74, 6) is -3.03. The standard InChI is InChI=1S/C17H11BrF2O4S/c1-25(22,23)16-13(19)6-10(7-14(16)20)12-8-24-17(21)15(12)9-3-2-4-11(18)5-9/h2-7H,8H2,1H3. The highest BCUT2D eigenvalue weighted by molar-refractivity contribution is 9.10. The van der Waals surface area contributed by atoms with Gasteiger partial charge in [-0.15, -0.1) is 0 Å². The van der Waals surface area contributed by atoms with Crippen LogP contribution in [0.25, 0.3) is 11.1 Å². The Morgan fingerprint density at radius 3 is 2.28 bits per heavy atom. The molecular formula is C17H11BrF2O4S. The van der Waals surface area contributed by atoms with Crippen molar-refractivity contribution in [3.05, 3.63) is 63.6 Å². The van der Waals surface area contributed by atoms with Gasteiger partial charge >= 0.3 is 5.97 Å². The number of rotatable bonds is 3. The molecule has 0 saturated carbocycles. The molecule has 0 amide bonds. The highest BCUT2D eigenvalue weighted by atomic mass is 79.9. The molecule has 0 bridgehead atoms. The lowest BCUT2D eigenvalue weighted by Gasteiger charge is -2.08. The van der Waals surface area contributed by atoms with Crippen LogP contribution < -0.4 is 0 Å². The number of hydrogen-bond acceptors (Lipinski definition) is 4. The zero-order valence-corrected chi connectivity index (χ0v) is 15.2. The second-order valence-corrected chi connectivity index (χ2v) is 8.35. The quantitative estimate of drug-likeness (QED) is 0.700. The maximum atomic E-state index is 14.2. The van der Waals surface area contributed by atoms with Gasteiger partial charge in [-0.1, -0.05) is 28.1 Å². The lowest BCUT2D eigenvalue weighted by molar-refractivity contribution is -0.133. The van der Waals surface area contributed by atoms with E-state index in [1.54, 1.807) is 24.3 Å². The summed E-state index contributed by atoms with van der Waals surface area (Å²) in [5, 5.41) is 0. The van der Waals surface area contributed by atoms with Gasteiger partial charge in [0.2, 0.25) is 0 Å². The Bertz CT molecular complexity index is 1010. The molecule has 0 aromatic heterocycles. The topological polar surface area (TPSA) is 60.4 Å². The second-order valence-electron chi connectivity index (χ2n) is 5.48. The predicted octanol–water partition coefficient (Wildman–Crippen LogP) is 3.60. The summed E-state index contributed by atoms with van der Waals surface area (Å²) in [4.78, 5) is 11.1. The molecule has 0 fully saturated rings. The van der Waals surface area contributed by atoms with E-state index in [0.29, 0.717) is 11.1 Å². The van der Waals surface area contributed by atoms with Gasteiger partial charge in [-0.25, -0.2) is 22.0 Å². The van der Waals surface area contributed by atoms with E-state index >= 15 is 0 Å². The fourth-order valence-electron chi connectivity index (χ4n) is 2.66.